The average Bonchev–Trinajstić information content (AvgIpc) is 2.74. The fourth-order valence-electron chi connectivity index (χ4n) is 3.08. The van der Waals surface area contributed by atoms with Gasteiger partial charge in [0.1, 0.15) is 6.04 Å². The van der Waals surface area contributed by atoms with Crippen LogP contribution < -0.4 is 11.1 Å². The van der Waals surface area contributed by atoms with Crippen molar-refractivity contribution in [1.82, 2.24) is 0 Å². The summed E-state index contributed by atoms with van der Waals surface area (Å²) in [6.07, 6.45) is 0.439. The van der Waals surface area contributed by atoms with Gasteiger partial charge in [-0.05, 0) is 35.2 Å². The summed E-state index contributed by atoms with van der Waals surface area (Å²) >= 11 is 0. The van der Waals surface area contributed by atoms with Crippen LogP contribution in [0, 0.1) is 0 Å². The number of carbonyl (C=O) groups is 1. The van der Waals surface area contributed by atoms with Crippen LogP contribution in [0.2, 0.25) is 0 Å². The monoisotopic (exact) mass is 374 g/mol. The summed E-state index contributed by atoms with van der Waals surface area (Å²) in [6.45, 7) is 2.81. The van der Waals surface area contributed by atoms with Gasteiger partial charge in [0, 0.05) is 18.7 Å². The van der Waals surface area contributed by atoms with Crippen LogP contribution in [0.4, 0.5) is 5.69 Å². The van der Waals surface area contributed by atoms with Crippen LogP contribution in [0.3, 0.4) is 0 Å². The molecule has 3 rings (SSSR count). The zero-order valence-electron chi connectivity index (χ0n) is 16.1. The molecule has 0 amide bonds. The van der Waals surface area contributed by atoms with E-state index in [9.17, 15) is 4.79 Å². The van der Waals surface area contributed by atoms with E-state index in [1.54, 1.807) is 6.92 Å². The van der Waals surface area contributed by atoms with Gasteiger partial charge in [0.15, 0.2) is 0 Å². The molecular formula is C24H26N2O2. The van der Waals surface area contributed by atoms with Gasteiger partial charge in [0.2, 0.25) is 0 Å². The first-order chi connectivity index (χ1) is 13.7. The highest BCUT2D eigenvalue weighted by Crippen LogP contribution is 2.21. The largest absolute Gasteiger partial charge is 0.465 e. The van der Waals surface area contributed by atoms with Crippen molar-refractivity contribution in [2.24, 2.45) is 5.73 Å². The summed E-state index contributed by atoms with van der Waals surface area (Å²) in [5.74, 6) is -0.367. The topological polar surface area (TPSA) is 64.3 Å². The zero-order chi connectivity index (χ0) is 19.8. The fraction of sp³-hybridized carbons (Fsp3) is 0.208. The first kappa shape index (κ1) is 19.6. The van der Waals surface area contributed by atoms with Crippen LogP contribution >= 0.6 is 0 Å². The summed E-state index contributed by atoms with van der Waals surface area (Å²) < 4.78 is 5.01. The lowest BCUT2D eigenvalue weighted by molar-refractivity contribution is -0.144. The van der Waals surface area contributed by atoms with Crippen LogP contribution in [0.25, 0.3) is 11.1 Å². The molecular weight excluding hydrogens is 348 g/mol. The zero-order valence-corrected chi connectivity index (χ0v) is 16.1. The Morgan fingerprint density at radius 3 is 2.29 bits per heavy atom. The number of anilines is 1. The van der Waals surface area contributed by atoms with Crippen LogP contribution in [0.1, 0.15) is 18.1 Å². The number of carbonyl (C=O) groups excluding carboxylic acids is 1. The molecule has 0 aliphatic rings. The Balaban J connectivity index is 1.64. The van der Waals surface area contributed by atoms with E-state index in [1.807, 2.05) is 42.5 Å². The van der Waals surface area contributed by atoms with E-state index < -0.39 is 6.04 Å². The number of para-hydroxylation sites is 1. The Bertz CT molecular complexity index is 892. The van der Waals surface area contributed by atoms with E-state index in [0.29, 0.717) is 19.6 Å². The lowest BCUT2D eigenvalue weighted by atomic mass is 10.0. The Hall–Kier alpha value is -3.11. The Kier molecular flexibility index (Phi) is 6.82. The number of esters is 1. The molecule has 4 nitrogen and oxygen atoms in total. The number of nitrogens with two attached hydrogens (primary N) is 1. The van der Waals surface area contributed by atoms with Crippen molar-refractivity contribution in [2.75, 3.05) is 11.9 Å². The van der Waals surface area contributed by atoms with Gasteiger partial charge < -0.3 is 15.8 Å². The van der Waals surface area contributed by atoms with Gasteiger partial charge in [0.25, 0.3) is 0 Å². The molecule has 1 unspecified atom stereocenters. The molecule has 0 aliphatic carbocycles. The number of ether oxygens (including phenoxy) is 1. The summed E-state index contributed by atoms with van der Waals surface area (Å²) in [5, 5.41) is 3.46. The van der Waals surface area contributed by atoms with Crippen molar-refractivity contribution in [3.8, 4) is 11.1 Å². The van der Waals surface area contributed by atoms with Crippen LogP contribution in [0.5, 0.6) is 0 Å². The maximum atomic E-state index is 11.8. The minimum atomic E-state index is -0.659. The first-order valence-corrected chi connectivity index (χ1v) is 9.55. The van der Waals surface area contributed by atoms with Crippen LogP contribution in [0.15, 0.2) is 78.9 Å². The average molecular weight is 374 g/mol. The summed E-state index contributed by atoms with van der Waals surface area (Å²) in [6, 6.07) is 26.1. The number of rotatable bonds is 8. The van der Waals surface area contributed by atoms with Gasteiger partial charge in [-0.1, -0.05) is 72.8 Å². The molecule has 0 aliphatic heterocycles. The van der Waals surface area contributed by atoms with Crippen LogP contribution in [-0.2, 0) is 22.5 Å². The summed E-state index contributed by atoms with van der Waals surface area (Å²) in [7, 11) is 0. The maximum absolute atomic E-state index is 11.8. The van der Waals surface area contributed by atoms with E-state index in [4.69, 9.17) is 10.5 Å². The molecule has 0 saturated carbocycles. The van der Waals surface area contributed by atoms with E-state index in [2.05, 4.69) is 41.7 Å². The minimum Gasteiger partial charge on any atom is -0.465 e. The summed E-state index contributed by atoms with van der Waals surface area (Å²) in [5.41, 5.74) is 11.6. The second-order valence-electron chi connectivity index (χ2n) is 6.64. The first-order valence-electron chi connectivity index (χ1n) is 9.55. The second-order valence-corrected chi connectivity index (χ2v) is 6.64. The highest BCUT2D eigenvalue weighted by Gasteiger charge is 2.16. The normalized spacial score (nSPS) is 11.6. The lowest BCUT2D eigenvalue weighted by Gasteiger charge is -2.15. The number of nitrogens with one attached hydrogen (secondary N) is 1. The van der Waals surface area contributed by atoms with Gasteiger partial charge in [-0.25, -0.2) is 0 Å². The van der Waals surface area contributed by atoms with Crippen molar-refractivity contribution in [3.05, 3.63) is 90.0 Å². The molecule has 0 fully saturated rings. The molecule has 4 heteroatoms. The second kappa shape index (κ2) is 9.72. The molecule has 0 heterocycles. The lowest BCUT2D eigenvalue weighted by Crippen LogP contribution is -2.34. The standard InChI is InChI=1S/C24H26N2O2/c1-2-28-24(27)22(25)16-21-10-6-7-11-23(21)26-17-18-12-14-20(15-13-18)19-8-4-3-5-9-19/h3-15,22,26H,2,16-17,25H2,1H3. The minimum absolute atomic E-state index is 0.339. The smallest absolute Gasteiger partial charge is 0.323 e. The van der Waals surface area contributed by atoms with E-state index in [0.717, 1.165) is 11.3 Å². The third-order valence-corrected chi connectivity index (χ3v) is 4.59. The molecule has 1 atom stereocenters. The van der Waals surface area contributed by atoms with Crippen molar-refractivity contribution in [2.45, 2.75) is 25.9 Å². The molecule has 3 N–H and O–H groups in total. The molecule has 28 heavy (non-hydrogen) atoms. The SMILES string of the molecule is CCOC(=O)C(N)Cc1ccccc1NCc1ccc(-c2ccccc2)cc1. The molecule has 0 aromatic heterocycles. The molecule has 144 valence electrons. The maximum Gasteiger partial charge on any atom is 0.323 e. The molecule has 3 aromatic rings. The third-order valence-electron chi connectivity index (χ3n) is 4.59. The van der Waals surface area contributed by atoms with Crippen LogP contribution in [-0.4, -0.2) is 18.6 Å². The highest BCUT2D eigenvalue weighted by molar-refractivity contribution is 5.76. The Morgan fingerprint density at radius 2 is 1.57 bits per heavy atom. The van der Waals surface area contributed by atoms with Crippen molar-refractivity contribution in [1.29, 1.82) is 0 Å². The van der Waals surface area contributed by atoms with E-state index in [-0.39, 0.29) is 5.97 Å². The number of hydrogen-bond donors (Lipinski definition) is 2. The fourth-order valence-corrected chi connectivity index (χ4v) is 3.08. The predicted molar refractivity (Wildman–Crippen MR) is 114 cm³/mol. The summed E-state index contributed by atoms with van der Waals surface area (Å²) in [4.78, 5) is 11.8. The quantitative estimate of drug-likeness (QED) is 0.574. The van der Waals surface area contributed by atoms with Crippen molar-refractivity contribution in [3.63, 3.8) is 0 Å². The molecule has 0 spiro atoms. The molecule has 0 radical (unpaired) electrons. The van der Waals surface area contributed by atoms with Gasteiger partial charge in [0.05, 0.1) is 6.61 Å². The van der Waals surface area contributed by atoms with Gasteiger partial charge >= 0.3 is 5.97 Å². The van der Waals surface area contributed by atoms with Gasteiger partial charge in [-0.2, -0.15) is 0 Å². The highest BCUT2D eigenvalue weighted by atomic mass is 16.5. The van der Waals surface area contributed by atoms with Crippen molar-refractivity contribution >= 4 is 11.7 Å². The predicted octanol–water partition coefficient (Wildman–Crippen LogP) is 4.40. The molecule has 0 saturated heterocycles. The Morgan fingerprint density at radius 1 is 0.929 bits per heavy atom. The van der Waals surface area contributed by atoms with Gasteiger partial charge in [-0.3, -0.25) is 4.79 Å². The third kappa shape index (κ3) is 5.21. The van der Waals surface area contributed by atoms with E-state index in [1.165, 1.54) is 16.7 Å². The molecule has 3 aromatic carbocycles. The number of hydrogen-bond acceptors (Lipinski definition) is 4. The van der Waals surface area contributed by atoms with Crippen molar-refractivity contribution < 1.29 is 9.53 Å². The Labute approximate surface area is 166 Å². The number of benzene rings is 3. The molecule has 0 bridgehead atoms. The van der Waals surface area contributed by atoms with E-state index >= 15 is 0 Å². The van der Waals surface area contributed by atoms with Gasteiger partial charge in [-0.15, -0.1) is 0 Å².